The van der Waals surface area contributed by atoms with E-state index in [0.29, 0.717) is 27.6 Å². The average molecular weight is 676 g/mol. The first kappa shape index (κ1) is 34.5. The van der Waals surface area contributed by atoms with Gasteiger partial charge in [0.2, 0.25) is 11.8 Å². The van der Waals surface area contributed by atoms with Crippen LogP contribution in [0.3, 0.4) is 0 Å². The van der Waals surface area contributed by atoms with Gasteiger partial charge in [0, 0.05) is 19.5 Å². The molecule has 0 radical (unpaired) electrons. The summed E-state index contributed by atoms with van der Waals surface area (Å²) in [6.07, 6.45) is -4.82. The third-order valence-electron chi connectivity index (χ3n) is 7.04. The number of nitrogens with one attached hydrogen (secondary N) is 1. The molecule has 0 spiro atoms. The zero-order chi connectivity index (χ0) is 33.5. The van der Waals surface area contributed by atoms with Crippen molar-refractivity contribution in [2.45, 2.75) is 37.0 Å². The fourth-order valence-corrected chi connectivity index (χ4v) is 6.46. The minimum absolute atomic E-state index is 0.0232. The minimum Gasteiger partial charge on any atom is -0.355 e. The standard InChI is InChI=1S/C33H30ClF4N3O4S/c1-2-39-32(43)30(19-23-9-5-3-6-10-23)40(21-24-13-16-26(35)17-14-24)31(42)22-41(46(44,45)27-11-7-4-8-12-27)29-20-25(33(36,37)38)15-18-28(29)34/h3-18,20,30H,2,19,21-22H2,1H3,(H,39,43)/t30-/m1/s1. The molecule has 0 unspecified atom stereocenters. The Kier molecular flexibility index (Phi) is 11.1. The maximum absolute atomic E-state index is 14.3. The first-order chi connectivity index (χ1) is 21.8. The number of rotatable bonds is 12. The van der Waals surface area contributed by atoms with Crippen LogP contribution < -0.4 is 9.62 Å². The fraction of sp³-hybridized carbons (Fsp3) is 0.212. The second-order valence-electron chi connectivity index (χ2n) is 10.2. The van der Waals surface area contributed by atoms with E-state index in [1.54, 1.807) is 43.3 Å². The van der Waals surface area contributed by atoms with E-state index < -0.39 is 57.7 Å². The van der Waals surface area contributed by atoms with Crippen LogP contribution in [0.15, 0.2) is 108 Å². The molecule has 0 fully saturated rings. The van der Waals surface area contributed by atoms with Crippen molar-refractivity contribution in [3.63, 3.8) is 0 Å². The molecule has 7 nitrogen and oxygen atoms in total. The molecule has 46 heavy (non-hydrogen) atoms. The Morgan fingerprint density at radius 1 is 0.870 bits per heavy atom. The summed E-state index contributed by atoms with van der Waals surface area (Å²) in [5, 5.41) is 2.35. The van der Waals surface area contributed by atoms with Crippen LogP contribution in [0.25, 0.3) is 0 Å². The highest BCUT2D eigenvalue weighted by molar-refractivity contribution is 7.92. The van der Waals surface area contributed by atoms with Gasteiger partial charge in [-0.2, -0.15) is 13.2 Å². The van der Waals surface area contributed by atoms with Crippen molar-refractivity contribution >= 4 is 39.1 Å². The number of carbonyl (C=O) groups excluding carboxylic acids is 2. The summed E-state index contributed by atoms with van der Waals surface area (Å²) in [7, 11) is -4.68. The Bertz CT molecular complexity index is 1760. The number of nitrogens with zero attached hydrogens (tertiary/aromatic N) is 2. The van der Waals surface area contributed by atoms with Crippen LogP contribution in [-0.2, 0) is 38.8 Å². The van der Waals surface area contributed by atoms with Crippen LogP contribution in [0, 0.1) is 5.82 Å². The van der Waals surface area contributed by atoms with Crippen molar-refractivity contribution in [2.75, 3.05) is 17.4 Å². The molecular formula is C33H30ClF4N3O4S. The number of likely N-dealkylation sites (N-methyl/N-ethyl adjacent to an activating group) is 1. The molecule has 0 saturated heterocycles. The summed E-state index contributed by atoms with van der Waals surface area (Å²) >= 11 is 6.31. The molecule has 242 valence electrons. The lowest BCUT2D eigenvalue weighted by molar-refractivity contribution is -0.140. The Hall–Kier alpha value is -4.42. The summed E-state index contributed by atoms with van der Waals surface area (Å²) in [5.41, 5.74) is -0.648. The van der Waals surface area contributed by atoms with Crippen molar-refractivity contribution in [1.82, 2.24) is 10.2 Å². The van der Waals surface area contributed by atoms with Crippen molar-refractivity contribution in [1.29, 1.82) is 0 Å². The highest BCUT2D eigenvalue weighted by Gasteiger charge is 2.37. The number of hydrogen-bond donors (Lipinski definition) is 1. The highest BCUT2D eigenvalue weighted by Crippen LogP contribution is 2.37. The van der Waals surface area contributed by atoms with Crippen LogP contribution in [0.1, 0.15) is 23.6 Å². The van der Waals surface area contributed by atoms with Crippen molar-refractivity contribution < 1.29 is 35.6 Å². The second-order valence-corrected chi connectivity index (χ2v) is 12.5. The number of alkyl halides is 3. The van der Waals surface area contributed by atoms with E-state index in [4.69, 9.17) is 11.6 Å². The van der Waals surface area contributed by atoms with Gasteiger partial charge in [0.25, 0.3) is 10.0 Å². The predicted molar refractivity (Wildman–Crippen MR) is 167 cm³/mol. The molecular weight excluding hydrogens is 646 g/mol. The molecule has 4 aromatic rings. The largest absolute Gasteiger partial charge is 0.416 e. The molecule has 2 amide bonds. The Morgan fingerprint density at radius 3 is 2.07 bits per heavy atom. The SMILES string of the molecule is CCNC(=O)[C@@H](Cc1ccccc1)N(Cc1ccc(F)cc1)C(=O)CN(c1cc(C(F)(F)F)ccc1Cl)S(=O)(=O)c1ccccc1. The maximum Gasteiger partial charge on any atom is 0.416 e. The second kappa shape index (κ2) is 14.8. The van der Waals surface area contributed by atoms with Gasteiger partial charge in [-0.05, 0) is 60.5 Å². The van der Waals surface area contributed by atoms with Crippen molar-refractivity contribution in [2.24, 2.45) is 0 Å². The topological polar surface area (TPSA) is 86.8 Å². The number of hydrogen-bond acceptors (Lipinski definition) is 4. The van der Waals surface area contributed by atoms with Crippen LogP contribution in [0.5, 0.6) is 0 Å². The average Bonchev–Trinajstić information content (AvgIpc) is 3.03. The fourth-order valence-electron chi connectivity index (χ4n) is 4.75. The normalized spacial score (nSPS) is 12.3. The van der Waals surface area contributed by atoms with Crippen LogP contribution in [0.2, 0.25) is 5.02 Å². The van der Waals surface area contributed by atoms with Gasteiger partial charge in [-0.25, -0.2) is 12.8 Å². The van der Waals surface area contributed by atoms with Gasteiger partial charge in [-0.1, -0.05) is 72.3 Å². The van der Waals surface area contributed by atoms with Crippen LogP contribution in [0.4, 0.5) is 23.2 Å². The van der Waals surface area contributed by atoms with Gasteiger partial charge >= 0.3 is 6.18 Å². The van der Waals surface area contributed by atoms with Crippen LogP contribution >= 0.6 is 11.6 Å². The highest BCUT2D eigenvalue weighted by atomic mass is 35.5. The number of anilines is 1. The lowest BCUT2D eigenvalue weighted by Gasteiger charge is -2.34. The first-order valence-electron chi connectivity index (χ1n) is 14.1. The molecule has 0 aliphatic rings. The van der Waals surface area contributed by atoms with Gasteiger partial charge in [0.15, 0.2) is 0 Å². The Balaban J connectivity index is 1.86. The smallest absolute Gasteiger partial charge is 0.355 e. The molecule has 0 aliphatic heterocycles. The molecule has 0 aromatic heterocycles. The van der Waals surface area contributed by atoms with Gasteiger partial charge in [0.1, 0.15) is 18.4 Å². The molecule has 4 aromatic carbocycles. The number of carbonyl (C=O) groups is 2. The number of benzene rings is 4. The Labute approximate surface area is 269 Å². The summed E-state index contributed by atoms with van der Waals surface area (Å²) in [5.74, 6) is -1.99. The monoisotopic (exact) mass is 675 g/mol. The molecule has 4 rings (SSSR count). The number of halogens is 5. The summed E-state index contributed by atoms with van der Waals surface area (Å²) in [6.45, 7) is 0.651. The van der Waals surface area contributed by atoms with E-state index in [9.17, 15) is 35.6 Å². The predicted octanol–water partition coefficient (Wildman–Crippen LogP) is 6.47. The number of sulfonamides is 1. The quantitative estimate of drug-likeness (QED) is 0.175. The molecule has 0 heterocycles. The van der Waals surface area contributed by atoms with E-state index in [0.717, 1.165) is 11.0 Å². The lowest BCUT2D eigenvalue weighted by atomic mass is 10.0. The van der Waals surface area contributed by atoms with E-state index in [1.165, 1.54) is 48.5 Å². The Morgan fingerprint density at radius 2 is 1.48 bits per heavy atom. The van der Waals surface area contributed by atoms with Gasteiger partial charge in [-0.15, -0.1) is 0 Å². The molecule has 1 atom stereocenters. The van der Waals surface area contributed by atoms with Crippen molar-refractivity contribution in [3.8, 4) is 0 Å². The minimum atomic E-state index is -4.85. The molecule has 0 aliphatic carbocycles. The van der Waals surface area contributed by atoms with Gasteiger partial charge in [0.05, 0.1) is 21.2 Å². The number of amides is 2. The van der Waals surface area contributed by atoms with Crippen LogP contribution in [-0.4, -0.2) is 44.3 Å². The van der Waals surface area contributed by atoms with E-state index in [-0.39, 0.29) is 29.4 Å². The van der Waals surface area contributed by atoms with E-state index in [2.05, 4.69) is 5.32 Å². The molecule has 13 heteroatoms. The van der Waals surface area contributed by atoms with E-state index >= 15 is 0 Å². The first-order valence-corrected chi connectivity index (χ1v) is 15.9. The van der Waals surface area contributed by atoms with Crippen molar-refractivity contribution in [3.05, 3.63) is 131 Å². The zero-order valence-electron chi connectivity index (χ0n) is 24.5. The summed E-state index contributed by atoms with van der Waals surface area (Å²) in [4.78, 5) is 28.6. The summed E-state index contributed by atoms with van der Waals surface area (Å²) < 4.78 is 83.5. The van der Waals surface area contributed by atoms with Gasteiger partial charge < -0.3 is 10.2 Å². The lowest BCUT2D eigenvalue weighted by Crippen LogP contribution is -2.53. The molecule has 1 N–H and O–H groups in total. The third-order valence-corrected chi connectivity index (χ3v) is 9.13. The third kappa shape index (κ3) is 8.43. The zero-order valence-corrected chi connectivity index (χ0v) is 26.1. The van der Waals surface area contributed by atoms with E-state index in [1.807, 2.05) is 0 Å². The maximum atomic E-state index is 14.3. The van der Waals surface area contributed by atoms with Gasteiger partial charge in [-0.3, -0.25) is 13.9 Å². The summed E-state index contributed by atoms with van der Waals surface area (Å²) in [6, 6.07) is 21.8. The molecule has 0 bridgehead atoms. The molecule has 0 saturated carbocycles.